The Kier molecular flexibility index (Phi) is 6.11. The van der Waals surface area contributed by atoms with Gasteiger partial charge in [0.05, 0.1) is 0 Å². The summed E-state index contributed by atoms with van der Waals surface area (Å²) < 4.78 is 0. The summed E-state index contributed by atoms with van der Waals surface area (Å²) in [5.74, 6) is 0.780. The molecule has 0 N–H and O–H groups in total. The molecule has 0 aromatic heterocycles. The summed E-state index contributed by atoms with van der Waals surface area (Å²) in [5, 5.41) is 0. The van der Waals surface area contributed by atoms with E-state index in [0.29, 0.717) is 5.41 Å². The van der Waals surface area contributed by atoms with Crippen LogP contribution in [0.4, 0.5) is 0 Å². The number of unbranched alkanes of at least 4 members (excludes halogenated alkanes) is 1. The zero-order valence-corrected chi connectivity index (χ0v) is 9.90. The fourth-order valence-electron chi connectivity index (χ4n) is 2.17. The summed E-state index contributed by atoms with van der Waals surface area (Å²) in [4.78, 5) is 0. The van der Waals surface area contributed by atoms with E-state index in [1.54, 1.807) is 0 Å². The predicted molar refractivity (Wildman–Crippen MR) is 61.9 cm³/mol. The van der Waals surface area contributed by atoms with Gasteiger partial charge in [0.1, 0.15) is 0 Å². The Labute approximate surface area is 84.4 Å². The summed E-state index contributed by atoms with van der Waals surface area (Å²) in [7, 11) is 0. The van der Waals surface area contributed by atoms with Gasteiger partial charge in [-0.25, -0.2) is 0 Å². The highest BCUT2D eigenvalue weighted by molar-refractivity contribution is 4.87. The van der Waals surface area contributed by atoms with E-state index >= 15 is 0 Å². The molecular formula is C13H26. The Balaban J connectivity index is 4.34. The van der Waals surface area contributed by atoms with Crippen molar-refractivity contribution in [3.05, 3.63) is 12.7 Å². The maximum atomic E-state index is 3.88. The molecule has 13 heavy (non-hydrogen) atoms. The second kappa shape index (κ2) is 6.23. The average molecular weight is 182 g/mol. The highest BCUT2D eigenvalue weighted by atomic mass is 14.3. The summed E-state index contributed by atoms with van der Waals surface area (Å²) in [5.41, 5.74) is 0.526. The molecule has 0 aliphatic rings. The van der Waals surface area contributed by atoms with Gasteiger partial charge in [0.15, 0.2) is 0 Å². The van der Waals surface area contributed by atoms with Gasteiger partial charge in [-0.15, -0.1) is 6.58 Å². The molecule has 0 bridgehead atoms. The molecule has 0 aromatic rings. The number of hydrogen-bond acceptors (Lipinski definition) is 0. The molecule has 1 atom stereocenters. The molecule has 1 unspecified atom stereocenters. The topological polar surface area (TPSA) is 0 Å². The Morgan fingerprint density at radius 1 is 1.31 bits per heavy atom. The van der Waals surface area contributed by atoms with Crippen LogP contribution in [0.5, 0.6) is 0 Å². The predicted octanol–water partition coefficient (Wildman–Crippen LogP) is 4.81. The second-order valence-corrected chi connectivity index (χ2v) is 4.47. The summed E-state index contributed by atoms with van der Waals surface area (Å²) in [6.45, 7) is 13.2. The van der Waals surface area contributed by atoms with Gasteiger partial charge < -0.3 is 0 Å². The van der Waals surface area contributed by atoms with Crippen LogP contribution in [0.25, 0.3) is 0 Å². The normalized spacial score (nSPS) is 15.8. The number of rotatable bonds is 7. The van der Waals surface area contributed by atoms with Crippen molar-refractivity contribution in [2.24, 2.45) is 11.3 Å². The fourth-order valence-corrected chi connectivity index (χ4v) is 2.17. The van der Waals surface area contributed by atoms with E-state index in [-0.39, 0.29) is 0 Å². The molecule has 0 aliphatic heterocycles. The summed E-state index contributed by atoms with van der Waals surface area (Å²) in [6, 6.07) is 0. The zero-order chi connectivity index (χ0) is 10.3. The first-order valence-electron chi connectivity index (χ1n) is 5.73. The summed E-state index contributed by atoms with van der Waals surface area (Å²) >= 11 is 0. The van der Waals surface area contributed by atoms with Crippen molar-refractivity contribution in [3.8, 4) is 0 Å². The largest absolute Gasteiger partial charge is 0.103 e. The molecule has 78 valence electrons. The lowest BCUT2D eigenvalue weighted by Crippen LogP contribution is -2.25. The molecule has 0 aromatic carbocycles. The van der Waals surface area contributed by atoms with Gasteiger partial charge in [0.25, 0.3) is 0 Å². The third-order valence-corrected chi connectivity index (χ3v) is 3.51. The SMILES string of the molecule is C=CCC(CC)(CCCC)C(C)C. The molecule has 0 saturated carbocycles. The Bertz CT molecular complexity index is 135. The molecule has 0 heterocycles. The minimum Gasteiger partial charge on any atom is -0.103 e. The van der Waals surface area contributed by atoms with Crippen molar-refractivity contribution in [2.45, 2.75) is 59.8 Å². The second-order valence-electron chi connectivity index (χ2n) is 4.47. The third-order valence-electron chi connectivity index (χ3n) is 3.51. The molecule has 0 heteroatoms. The van der Waals surface area contributed by atoms with Crippen LogP contribution in [0, 0.1) is 11.3 Å². The first-order valence-corrected chi connectivity index (χ1v) is 5.73. The number of hydrogen-bond donors (Lipinski definition) is 0. The van der Waals surface area contributed by atoms with Gasteiger partial charge in [-0.1, -0.05) is 46.6 Å². The lowest BCUT2D eigenvalue weighted by molar-refractivity contribution is 0.160. The monoisotopic (exact) mass is 182 g/mol. The highest BCUT2D eigenvalue weighted by Crippen LogP contribution is 2.40. The van der Waals surface area contributed by atoms with Crippen LogP contribution in [-0.4, -0.2) is 0 Å². The van der Waals surface area contributed by atoms with Crippen LogP contribution in [0.1, 0.15) is 59.8 Å². The fraction of sp³-hybridized carbons (Fsp3) is 0.846. The lowest BCUT2D eigenvalue weighted by atomic mass is 9.69. The van der Waals surface area contributed by atoms with Crippen LogP contribution in [0.15, 0.2) is 12.7 Å². The van der Waals surface area contributed by atoms with E-state index in [1.807, 2.05) is 0 Å². The quantitative estimate of drug-likeness (QED) is 0.496. The van der Waals surface area contributed by atoms with E-state index < -0.39 is 0 Å². The van der Waals surface area contributed by atoms with E-state index in [1.165, 1.54) is 32.1 Å². The first kappa shape index (κ1) is 12.7. The Hall–Kier alpha value is -0.260. The van der Waals surface area contributed by atoms with Crippen molar-refractivity contribution < 1.29 is 0 Å². The Morgan fingerprint density at radius 3 is 2.23 bits per heavy atom. The van der Waals surface area contributed by atoms with E-state index in [0.717, 1.165) is 5.92 Å². The minimum atomic E-state index is 0.526. The maximum Gasteiger partial charge on any atom is -0.0243 e. The van der Waals surface area contributed by atoms with Crippen LogP contribution >= 0.6 is 0 Å². The highest BCUT2D eigenvalue weighted by Gasteiger charge is 2.29. The standard InChI is InChI=1S/C13H26/c1-6-9-11-13(8-3,10-7-2)12(4)5/h7,12H,2,6,8-11H2,1,3-5H3. The van der Waals surface area contributed by atoms with Crippen molar-refractivity contribution in [2.75, 3.05) is 0 Å². The molecule has 0 fully saturated rings. The van der Waals surface area contributed by atoms with Crippen molar-refractivity contribution in [1.82, 2.24) is 0 Å². The van der Waals surface area contributed by atoms with E-state index in [9.17, 15) is 0 Å². The lowest BCUT2D eigenvalue weighted by Gasteiger charge is -2.36. The number of allylic oxidation sites excluding steroid dienone is 1. The molecule has 0 saturated heterocycles. The van der Waals surface area contributed by atoms with Crippen LogP contribution < -0.4 is 0 Å². The molecule has 0 spiro atoms. The van der Waals surface area contributed by atoms with E-state index in [2.05, 4.69) is 40.3 Å². The zero-order valence-electron chi connectivity index (χ0n) is 9.90. The van der Waals surface area contributed by atoms with Gasteiger partial charge in [0.2, 0.25) is 0 Å². The van der Waals surface area contributed by atoms with Gasteiger partial charge in [-0.3, -0.25) is 0 Å². The van der Waals surface area contributed by atoms with Gasteiger partial charge >= 0.3 is 0 Å². The van der Waals surface area contributed by atoms with Crippen molar-refractivity contribution >= 4 is 0 Å². The average Bonchev–Trinajstić information content (AvgIpc) is 2.12. The Morgan fingerprint density at radius 2 is 1.92 bits per heavy atom. The molecule has 0 radical (unpaired) electrons. The van der Waals surface area contributed by atoms with E-state index in [4.69, 9.17) is 0 Å². The molecular weight excluding hydrogens is 156 g/mol. The minimum absolute atomic E-state index is 0.526. The summed E-state index contributed by atoms with van der Waals surface area (Å²) in [6.07, 6.45) is 8.60. The molecule has 0 aliphatic carbocycles. The van der Waals surface area contributed by atoms with Gasteiger partial charge in [-0.05, 0) is 30.6 Å². The van der Waals surface area contributed by atoms with Crippen LogP contribution in [-0.2, 0) is 0 Å². The smallest absolute Gasteiger partial charge is 0.0243 e. The molecule has 0 nitrogen and oxygen atoms in total. The van der Waals surface area contributed by atoms with Gasteiger partial charge in [-0.2, -0.15) is 0 Å². The van der Waals surface area contributed by atoms with Crippen LogP contribution in [0.2, 0.25) is 0 Å². The maximum absolute atomic E-state index is 3.88. The van der Waals surface area contributed by atoms with Crippen molar-refractivity contribution in [3.63, 3.8) is 0 Å². The first-order chi connectivity index (χ1) is 6.13. The molecule has 0 amide bonds. The van der Waals surface area contributed by atoms with Gasteiger partial charge in [0, 0.05) is 0 Å². The molecule has 0 rings (SSSR count). The third kappa shape index (κ3) is 3.54. The van der Waals surface area contributed by atoms with Crippen LogP contribution in [0.3, 0.4) is 0 Å². The van der Waals surface area contributed by atoms with Crippen molar-refractivity contribution in [1.29, 1.82) is 0 Å².